The van der Waals surface area contributed by atoms with Crippen molar-refractivity contribution in [2.75, 3.05) is 0 Å². The fraction of sp³-hybridized carbons (Fsp3) is 0.238. The van der Waals surface area contributed by atoms with Gasteiger partial charge >= 0.3 is 6.18 Å². The number of benzene rings is 2. The van der Waals surface area contributed by atoms with Crippen molar-refractivity contribution in [2.24, 2.45) is 5.16 Å². The molecule has 8 heteroatoms. The van der Waals surface area contributed by atoms with Crippen molar-refractivity contribution in [3.8, 4) is 0 Å². The fourth-order valence-corrected chi connectivity index (χ4v) is 3.59. The number of alkyl halides is 3. The molecule has 4 nitrogen and oxygen atoms in total. The Kier molecular flexibility index (Phi) is 5.45. The van der Waals surface area contributed by atoms with Gasteiger partial charge in [0, 0.05) is 22.6 Å². The van der Waals surface area contributed by atoms with Gasteiger partial charge in [0.05, 0.1) is 5.71 Å². The Morgan fingerprint density at radius 2 is 2.00 bits per heavy atom. The molecule has 1 atom stereocenters. The van der Waals surface area contributed by atoms with E-state index in [9.17, 15) is 18.0 Å². The van der Waals surface area contributed by atoms with Crippen LogP contribution in [0.3, 0.4) is 0 Å². The summed E-state index contributed by atoms with van der Waals surface area (Å²) in [4.78, 5) is 17.0. The van der Waals surface area contributed by atoms with E-state index >= 15 is 0 Å². The molecule has 0 aromatic heterocycles. The Bertz CT molecular complexity index is 997. The molecule has 3 rings (SSSR count). The lowest BCUT2D eigenvalue weighted by Crippen LogP contribution is -2.42. The van der Waals surface area contributed by atoms with Crippen LogP contribution >= 0.6 is 11.6 Å². The van der Waals surface area contributed by atoms with E-state index < -0.39 is 18.2 Å². The normalized spacial score (nSPS) is 18.8. The third-order valence-electron chi connectivity index (χ3n) is 4.73. The molecule has 1 amide bonds. The van der Waals surface area contributed by atoms with Crippen molar-refractivity contribution in [1.29, 1.82) is 0 Å². The van der Waals surface area contributed by atoms with Crippen LogP contribution in [-0.4, -0.2) is 17.8 Å². The zero-order chi connectivity index (χ0) is 21.4. The van der Waals surface area contributed by atoms with E-state index in [1.165, 1.54) is 24.4 Å². The number of nitrogens with zero attached hydrogens (tertiary/aromatic N) is 1. The number of nitrogens with one attached hydrogen (secondary N) is 1. The van der Waals surface area contributed by atoms with Gasteiger partial charge in [-0.05, 0) is 61.0 Å². The van der Waals surface area contributed by atoms with Crippen LogP contribution in [0.15, 0.2) is 54.3 Å². The monoisotopic (exact) mass is 422 g/mol. The summed E-state index contributed by atoms with van der Waals surface area (Å²) in [6, 6.07) is 8.89. The lowest BCUT2D eigenvalue weighted by Gasteiger charge is -2.29. The van der Waals surface area contributed by atoms with Crippen LogP contribution < -0.4 is 5.32 Å². The third-order valence-corrected chi connectivity index (χ3v) is 4.95. The number of carbonyl (C=O) groups excluding carboxylic acids is 1. The molecule has 29 heavy (non-hydrogen) atoms. The summed E-state index contributed by atoms with van der Waals surface area (Å²) in [7, 11) is 0. The summed E-state index contributed by atoms with van der Waals surface area (Å²) in [6.45, 7) is 6.78. The Balaban J connectivity index is 1.98. The Morgan fingerprint density at radius 1 is 1.28 bits per heavy atom. The molecule has 1 unspecified atom stereocenters. The molecule has 0 aliphatic carbocycles. The van der Waals surface area contributed by atoms with Crippen LogP contribution in [-0.2, 0) is 10.4 Å². The van der Waals surface area contributed by atoms with E-state index in [1.54, 1.807) is 32.0 Å². The molecule has 1 aliphatic heterocycles. The van der Waals surface area contributed by atoms with Crippen molar-refractivity contribution in [1.82, 2.24) is 5.32 Å². The molecule has 0 saturated heterocycles. The van der Waals surface area contributed by atoms with Crippen LogP contribution in [0.1, 0.15) is 39.0 Å². The first-order valence-corrected chi connectivity index (χ1v) is 9.07. The molecule has 0 bridgehead atoms. The number of rotatable bonds is 4. The number of carbonyl (C=O) groups is 1. The Labute approximate surface area is 171 Å². The highest BCUT2D eigenvalue weighted by Crippen LogP contribution is 2.49. The second-order valence-electron chi connectivity index (χ2n) is 6.86. The number of aryl methyl sites for hydroxylation is 2. The molecule has 0 saturated carbocycles. The van der Waals surface area contributed by atoms with E-state index in [-0.39, 0.29) is 22.2 Å². The first-order chi connectivity index (χ1) is 13.6. The van der Waals surface area contributed by atoms with E-state index in [0.29, 0.717) is 22.3 Å². The smallest absolute Gasteiger partial charge is 0.374 e. The van der Waals surface area contributed by atoms with Gasteiger partial charge in [0.25, 0.3) is 11.5 Å². The number of oxime groups is 1. The van der Waals surface area contributed by atoms with Gasteiger partial charge in [-0.15, -0.1) is 0 Å². The highest BCUT2D eigenvalue weighted by atomic mass is 35.5. The maximum Gasteiger partial charge on any atom is 0.435 e. The zero-order valence-electron chi connectivity index (χ0n) is 15.7. The predicted molar refractivity (Wildman–Crippen MR) is 105 cm³/mol. The second-order valence-corrected chi connectivity index (χ2v) is 7.29. The van der Waals surface area contributed by atoms with Crippen LogP contribution in [0, 0.1) is 13.8 Å². The van der Waals surface area contributed by atoms with Crippen LogP contribution in [0.4, 0.5) is 13.2 Å². The van der Waals surface area contributed by atoms with Gasteiger partial charge in [0.15, 0.2) is 0 Å². The van der Waals surface area contributed by atoms with E-state index in [1.807, 2.05) is 0 Å². The van der Waals surface area contributed by atoms with Crippen LogP contribution in [0.5, 0.6) is 0 Å². The molecular weight excluding hydrogens is 405 g/mol. The summed E-state index contributed by atoms with van der Waals surface area (Å²) >= 11 is 5.98. The number of halogens is 4. The molecule has 0 radical (unpaired) electrons. The minimum atomic E-state index is -4.71. The molecule has 0 spiro atoms. The van der Waals surface area contributed by atoms with Crippen molar-refractivity contribution in [3.63, 3.8) is 0 Å². The molecule has 2 aromatic carbocycles. The number of hydrogen-bond donors (Lipinski definition) is 1. The third kappa shape index (κ3) is 3.87. The Hall–Kier alpha value is -2.80. The summed E-state index contributed by atoms with van der Waals surface area (Å²) in [6.07, 6.45) is -3.96. The molecule has 0 fully saturated rings. The summed E-state index contributed by atoms with van der Waals surface area (Å²) in [5.74, 6) is -0.354. The number of hydrogen-bond acceptors (Lipinski definition) is 3. The van der Waals surface area contributed by atoms with Crippen molar-refractivity contribution >= 4 is 23.2 Å². The molecular formula is C21H18ClF3N2O2. The van der Waals surface area contributed by atoms with E-state index in [2.05, 4.69) is 17.1 Å². The van der Waals surface area contributed by atoms with Crippen molar-refractivity contribution in [2.45, 2.75) is 32.0 Å². The molecule has 152 valence electrons. The van der Waals surface area contributed by atoms with Crippen molar-refractivity contribution in [3.05, 3.63) is 82.0 Å². The summed E-state index contributed by atoms with van der Waals surface area (Å²) in [5, 5.41) is 6.40. The van der Waals surface area contributed by atoms with Gasteiger partial charge in [-0.1, -0.05) is 35.5 Å². The minimum Gasteiger partial charge on any atom is -0.374 e. The Morgan fingerprint density at radius 3 is 2.59 bits per heavy atom. The molecule has 1 heterocycles. The predicted octanol–water partition coefficient (Wildman–Crippen LogP) is 5.41. The summed E-state index contributed by atoms with van der Waals surface area (Å²) < 4.78 is 42.3. The van der Waals surface area contributed by atoms with Gasteiger partial charge in [0.2, 0.25) is 0 Å². The van der Waals surface area contributed by atoms with Gasteiger partial charge in [-0.2, -0.15) is 13.2 Å². The molecule has 2 aromatic rings. The fourth-order valence-electron chi connectivity index (χ4n) is 3.30. The molecule has 1 aliphatic rings. The highest BCUT2D eigenvalue weighted by Gasteiger charge is 2.62. The zero-order valence-corrected chi connectivity index (χ0v) is 16.5. The second kappa shape index (κ2) is 7.55. The highest BCUT2D eigenvalue weighted by molar-refractivity contribution is 6.30. The lowest BCUT2D eigenvalue weighted by atomic mass is 9.85. The van der Waals surface area contributed by atoms with Gasteiger partial charge < -0.3 is 10.2 Å². The first kappa shape index (κ1) is 20.9. The average Bonchev–Trinajstić information content (AvgIpc) is 3.07. The van der Waals surface area contributed by atoms with Gasteiger partial charge in [-0.25, -0.2) is 0 Å². The van der Waals surface area contributed by atoms with Crippen LogP contribution in [0.25, 0.3) is 0 Å². The van der Waals surface area contributed by atoms with Gasteiger partial charge in [0.1, 0.15) is 0 Å². The minimum absolute atomic E-state index is 0.104. The average molecular weight is 423 g/mol. The lowest BCUT2D eigenvalue weighted by molar-refractivity contribution is -0.275. The first-order valence-electron chi connectivity index (χ1n) is 8.69. The quantitative estimate of drug-likeness (QED) is 0.716. The maximum absolute atomic E-state index is 14.1. The topological polar surface area (TPSA) is 50.7 Å². The maximum atomic E-state index is 14.1. The van der Waals surface area contributed by atoms with Gasteiger partial charge in [-0.3, -0.25) is 4.79 Å². The largest absolute Gasteiger partial charge is 0.435 e. The molecule has 1 N–H and O–H groups in total. The standard InChI is InChI=1S/C21H18ClF3N2O2/c1-4-26-19(28)17-6-5-14(9-13(17)3)18-11-20(29-27-18,21(23,24)25)15-7-12(2)8-16(22)10-15/h4-10H,1,11H2,2-3H3,(H,26,28). The van der Waals surface area contributed by atoms with E-state index in [0.717, 1.165) is 0 Å². The van der Waals surface area contributed by atoms with Crippen LogP contribution in [0.2, 0.25) is 5.02 Å². The van der Waals surface area contributed by atoms with Crippen molar-refractivity contribution < 1.29 is 22.8 Å². The summed E-state index contributed by atoms with van der Waals surface area (Å²) in [5.41, 5.74) is -0.575. The SMILES string of the molecule is C=CNC(=O)c1ccc(C2=NOC(c3cc(C)cc(Cl)c3)(C(F)(F)F)C2)cc1C. The van der Waals surface area contributed by atoms with E-state index in [4.69, 9.17) is 16.4 Å². The number of amides is 1.